The van der Waals surface area contributed by atoms with E-state index in [0.717, 1.165) is 11.1 Å². The van der Waals surface area contributed by atoms with Gasteiger partial charge in [0.2, 0.25) is 20.0 Å². The number of ether oxygens (including phenoxy) is 2. The van der Waals surface area contributed by atoms with Crippen LogP contribution in [-0.2, 0) is 42.7 Å². The molecule has 0 N–H and O–H groups in total. The van der Waals surface area contributed by atoms with E-state index < -0.39 is 60.5 Å². The zero-order valence-electron chi connectivity index (χ0n) is 25.9. The van der Waals surface area contributed by atoms with Gasteiger partial charge in [0.25, 0.3) is 0 Å². The lowest BCUT2D eigenvalue weighted by Crippen LogP contribution is -2.44. The molecule has 2 saturated heterocycles. The monoisotopic (exact) mass is 652 g/mol. The summed E-state index contributed by atoms with van der Waals surface area (Å²) in [5.41, 5.74) is 1.93. The molecule has 0 bridgehead atoms. The van der Waals surface area contributed by atoms with E-state index in [0.29, 0.717) is 25.2 Å². The molecule has 8 nitrogen and oxygen atoms in total. The van der Waals surface area contributed by atoms with Gasteiger partial charge < -0.3 is 9.47 Å². The molecule has 2 unspecified atom stereocenters. The number of sulfonamides is 2. The van der Waals surface area contributed by atoms with Crippen molar-refractivity contribution in [3.63, 3.8) is 0 Å². The molecule has 2 heterocycles. The Morgan fingerprint density at radius 3 is 1.29 bits per heavy atom. The summed E-state index contributed by atoms with van der Waals surface area (Å²) in [5, 5.41) is 0. The normalized spacial score (nSPS) is 24.2. The van der Waals surface area contributed by atoms with Gasteiger partial charge in [-0.2, -0.15) is 8.61 Å². The Hall–Kier alpha value is -1.39. The van der Waals surface area contributed by atoms with Crippen LogP contribution >= 0.6 is 0 Å². The summed E-state index contributed by atoms with van der Waals surface area (Å²) in [6.45, 7) is 14.3. The maximum atomic E-state index is 13.4. The first-order valence-corrected chi connectivity index (χ1v) is 25.5. The van der Waals surface area contributed by atoms with Crippen molar-refractivity contribution >= 4 is 36.2 Å². The average molecular weight is 653 g/mol. The molecular formula is C30H48N2O6S2Si2. The van der Waals surface area contributed by atoms with Crippen LogP contribution in [0.5, 0.6) is 0 Å². The number of rotatable bonds is 17. The van der Waals surface area contributed by atoms with Crippen molar-refractivity contribution in [3.05, 3.63) is 71.8 Å². The summed E-state index contributed by atoms with van der Waals surface area (Å²) >= 11 is 0. The lowest BCUT2D eigenvalue weighted by molar-refractivity contribution is -0.0900. The van der Waals surface area contributed by atoms with E-state index in [2.05, 4.69) is 39.3 Å². The highest BCUT2D eigenvalue weighted by atomic mass is 32.2. The first-order valence-electron chi connectivity index (χ1n) is 14.9. The Bertz CT molecular complexity index is 1270. The van der Waals surface area contributed by atoms with Gasteiger partial charge >= 0.3 is 0 Å². The fraction of sp³-hybridized carbons (Fsp3) is 0.600. The van der Waals surface area contributed by atoms with Crippen molar-refractivity contribution < 1.29 is 26.3 Å². The lowest BCUT2D eigenvalue weighted by Gasteiger charge is -2.28. The second-order valence-electron chi connectivity index (χ2n) is 14.0. The molecule has 42 heavy (non-hydrogen) atoms. The lowest BCUT2D eigenvalue weighted by atomic mass is 10.1. The van der Waals surface area contributed by atoms with E-state index in [9.17, 15) is 16.8 Å². The van der Waals surface area contributed by atoms with E-state index >= 15 is 0 Å². The standard InChI is InChI=1S/C30H48N2O6S2Si2/c1-41(2,3)19-17-39(33,34)31-21-27(31)29(37-23-25-13-9-7-10-14-25)30(38-24-26-15-11-8-12-16-26)28-22-32(28)40(35,36)18-20-42(4,5)6/h7-16,27-30H,17-24H2,1-6H3/t27-,28-,29+,30+,31?,32?/m0/s1. The molecule has 2 fully saturated rings. The van der Waals surface area contributed by atoms with Gasteiger partial charge in [0.15, 0.2) is 0 Å². The van der Waals surface area contributed by atoms with Gasteiger partial charge in [-0.15, -0.1) is 0 Å². The summed E-state index contributed by atoms with van der Waals surface area (Å²) in [4.78, 5) is 0. The van der Waals surface area contributed by atoms with Crippen LogP contribution in [0.3, 0.4) is 0 Å². The van der Waals surface area contributed by atoms with Crippen LogP contribution in [0, 0.1) is 0 Å². The molecule has 4 rings (SSSR count). The highest BCUT2D eigenvalue weighted by Crippen LogP contribution is 2.38. The highest BCUT2D eigenvalue weighted by Gasteiger charge is 2.58. The molecule has 0 amide bonds. The molecule has 0 radical (unpaired) electrons. The minimum atomic E-state index is -3.47. The van der Waals surface area contributed by atoms with E-state index in [-0.39, 0.29) is 24.7 Å². The molecular weight excluding hydrogens is 605 g/mol. The SMILES string of the molecule is C[Si](C)(C)CCS(=O)(=O)N1C[C@H]1[C@@H](OCc1ccccc1)[C@H](OCc1ccccc1)[C@@H]1CN1S(=O)(=O)CC[Si](C)(C)C. The molecule has 6 atom stereocenters. The summed E-state index contributed by atoms with van der Waals surface area (Å²) < 4.78 is 69.6. The fourth-order valence-corrected chi connectivity index (χ4v) is 14.2. The number of nitrogens with zero attached hydrogens (tertiary/aromatic N) is 2. The highest BCUT2D eigenvalue weighted by molar-refractivity contribution is 7.89. The van der Waals surface area contributed by atoms with Gasteiger partial charge in [-0.1, -0.05) is 99.9 Å². The third-order valence-electron chi connectivity index (χ3n) is 7.79. The van der Waals surface area contributed by atoms with Crippen molar-refractivity contribution in [2.45, 2.75) is 88.9 Å². The van der Waals surface area contributed by atoms with Gasteiger partial charge in [0.05, 0.1) is 36.8 Å². The van der Waals surface area contributed by atoms with E-state index in [1.165, 1.54) is 8.61 Å². The van der Waals surface area contributed by atoms with Crippen LogP contribution in [0.1, 0.15) is 11.1 Å². The topological polar surface area (TPSA) is 92.8 Å². The molecule has 234 valence electrons. The molecule has 0 spiro atoms. The molecule has 2 aliphatic rings. The summed E-state index contributed by atoms with van der Waals surface area (Å²) in [6.07, 6.45) is -1.23. The van der Waals surface area contributed by atoms with Crippen molar-refractivity contribution in [3.8, 4) is 0 Å². The number of benzene rings is 2. The van der Waals surface area contributed by atoms with Gasteiger partial charge in [-0.3, -0.25) is 0 Å². The van der Waals surface area contributed by atoms with E-state index in [1.807, 2.05) is 60.7 Å². The molecule has 2 aromatic carbocycles. The Labute approximate surface area is 255 Å². The molecule has 0 aliphatic carbocycles. The maximum absolute atomic E-state index is 13.4. The van der Waals surface area contributed by atoms with E-state index in [1.54, 1.807) is 0 Å². The third-order valence-corrected chi connectivity index (χ3v) is 15.7. The number of hydrogen-bond donors (Lipinski definition) is 0. The van der Waals surface area contributed by atoms with Gasteiger partial charge in [-0.05, 0) is 23.2 Å². The van der Waals surface area contributed by atoms with E-state index in [4.69, 9.17) is 9.47 Å². The summed E-state index contributed by atoms with van der Waals surface area (Å²) in [5.74, 6) is 0.252. The second kappa shape index (κ2) is 13.3. The van der Waals surface area contributed by atoms with Gasteiger partial charge in [0, 0.05) is 29.2 Å². The first-order chi connectivity index (χ1) is 19.6. The van der Waals surface area contributed by atoms with Crippen LogP contribution < -0.4 is 0 Å². The quantitative estimate of drug-likeness (QED) is 0.179. The zero-order valence-corrected chi connectivity index (χ0v) is 29.5. The molecule has 0 aromatic heterocycles. The van der Waals surface area contributed by atoms with Crippen molar-refractivity contribution in [1.29, 1.82) is 0 Å². The van der Waals surface area contributed by atoms with Crippen LogP contribution in [-0.4, -0.2) is 90.5 Å². The smallest absolute Gasteiger partial charge is 0.214 e. The molecule has 2 aromatic rings. The Morgan fingerprint density at radius 2 is 0.976 bits per heavy atom. The second-order valence-corrected chi connectivity index (χ2v) is 29.4. The van der Waals surface area contributed by atoms with Crippen LogP contribution in [0.4, 0.5) is 0 Å². The average Bonchev–Trinajstić information content (AvgIpc) is 3.83. The van der Waals surface area contributed by atoms with Crippen molar-refractivity contribution in [2.75, 3.05) is 24.6 Å². The third kappa shape index (κ3) is 9.81. The Balaban J connectivity index is 1.59. The first kappa shape index (κ1) is 33.5. The van der Waals surface area contributed by atoms with Crippen LogP contribution in [0.15, 0.2) is 60.7 Å². The molecule has 0 saturated carbocycles. The maximum Gasteiger partial charge on any atom is 0.214 e. The Kier molecular flexibility index (Phi) is 10.6. The van der Waals surface area contributed by atoms with Crippen LogP contribution in [0.2, 0.25) is 51.4 Å². The summed E-state index contributed by atoms with van der Waals surface area (Å²) in [7, 11) is -10.0. The zero-order chi connectivity index (χ0) is 30.8. The predicted molar refractivity (Wildman–Crippen MR) is 175 cm³/mol. The van der Waals surface area contributed by atoms with Crippen LogP contribution in [0.25, 0.3) is 0 Å². The molecule has 12 heteroatoms. The largest absolute Gasteiger partial charge is 0.369 e. The Morgan fingerprint density at radius 1 is 0.643 bits per heavy atom. The minimum absolute atomic E-state index is 0.126. The predicted octanol–water partition coefficient (Wildman–Crippen LogP) is 4.86. The van der Waals surface area contributed by atoms with Crippen molar-refractivity contribution in [2.24, 2.45) is 0 Å². The van der Waals surface area contributed by atoms with Gasteiger partial charge in [-0.25, -0.2) is 16.8 Å². The number of hydrogen-bond acceptors (Lipinski definition) is 6. The molecule has 2 aliphatic heterocycles. The summed E-state index contributed by atoms with van der Waals surface area (Å²) in [6, 6.07) is 20.1. The van der Waals surface area contributed by atoms with Gasteiger partial charge in [0.1, 0.15) is 12.2 Å². The fourth-order valence-electron chi connectivity index (χ4n) is 4.94. The van der Waals surface area contributed by atoms with Crippen molar-refractivity contribution in [1.82, 2.24) is 8.61 Å². The minimum Gasteiger partial charge on any atom is -0.369 e.